The Labute approximate surface area is 80.3 Å². The predicted octanol–water partition coefficient (Wildman–Crippen LogP) is -0.679. The standard InChI is InChI=1S/C8H10N4O2/c1-11-4-2-5(7(9)13)12-6(3-4)8(10)14/h2-3H,1H3,(H2,9,13)(H2,10,14)(H,11,12). The molecule has 6 heteroatoms. The molecule has 0 radical (unpaired) electrons. The monoisotopic (exact) mass is 194 g/mol. The summed E-state index contributed by atoms with van der Waals surface area (Å²) >= 11 is 0. The van der Waals surface area contributed by atoms with Crippen molar-refractivity contribution in [3.05, 3.63) is 23.5 Å². The molecule has 0 unspecified atom stereocenters. The molecule has 0 aliphatic carbocycles. The van der Waals surface area contributed by atoms with Gasteiger partial charge in [0.2, 0.25) is 0 Å². The number of carbonyl (C=O) groups excluding carboxylic acids is 2. The van der Waals surface area contributed by atoms with Crippen molar-refractivity contribution in [2.24, 2.45) is 11.5 Å². The van der Waals surface area contributed by atoms with E-state index in [2.05, 4.69) is 10.3 Å². The van der Waals surface area contributed by atoms with Gasteiger partial charge in [-0.2, -0.15) is 0 Å². The summed E-state index contributed by atoms with van der Waals surface area (Å²) in [5, 5.41) is 2.76. The van der Waals surface area contributed by atoms with Crippen LogP contribution in [0.4, 0.5) is 5.69 Å². The quantitative estimate of drug-likeness (QED) is 0.591. The Morgan fingerprint density at radius 1 is 1.21 bits per heavy atom. The van der Waals surface area contributed by atoms with Crippen LogP contribution < -0.4 is 16.8 Å². The molecule has 0 fully saturated rings. The Bertz CT molecular complexity index is 357. The first-order chi connectivity index (χ1) is 6.54. The molecule has 0 bridgehead atoms. The van der Waals surface area contributed by atoms with E-state index >= 15 is 0 Å². The molecule has 14 heavy (non-hydrogen) atoms. The van der Waals surface area contributed by atoms with E-state index in [9.17, 15) is 9.59 Å². The molecule has 5 N–H and O–H groups in total. The Morgan fingerprint density at radius 3 is 1.93 bits per heavy atom. The van der Waals surface area contributed by atoms with E-state index in [0.717, 1.165) is 0 Å². The van der Waals surface area contributed by atoms with Crippen molar-refractivity contribution in [2.75, 3.05) is 12.4 Å². The minimum atomic E-state index is -0.704. The molecule has 0 aliphatic heterocycles. The van der Waals surface area contributed by atoms with Gasteiger partial charge in [-0.1, -0.05) is 0 Å². The average molecular weight is 194 g/mol. The highest BCUT2D eigenvalue weighted by molar-refractivity contribution is 5.96. The van der Waals surface area contributed by atoms with Crippen molar-refractivity contribution in [1.82, 2.24) is 4.98 Å². The van der Waals surface area contributed by atoms with Gasteiger partial charge in [0, 0.05) is 12.7 Å². The second-order valence-corrected chi connectivity index (χ2v) is 2.60. The maximum Gasteiger partial charge on any atom is 0.267 e. The molecule has 0 saturated heterocycles. The van der Waals surface area contributed by atoms with Crippen LogP contribution in [0.2, 0.25) is 0 Å². The Morgan fingerprint density at radius 2 is 1.64 bits per heavy atom. The van der Waals surface area contributed by atoms with Crippen LogP contribution in [-0.4, -0.2) is 23.8 Å². The van der Waals surface area contributed by atoms with Crippen molar-refractivity contribution in [1.29, 1.82) is 0 Å². The SMILES string of the molecule is CNc1cc(C(N)=O)nc(C(N)=O)c1. The van der Waals surface area contributed by atoms with Crippen molar-refractivity contribution in [3.63, 3.8) is 0 Å². The smallest absolute Gasteiger partial charge is 0.267 e. The summed E-state index contributed by atoms with van der Waals surface area (Å²) in [5.74, 6) is -1.41. The molecule has 0 atom stereocenters. The number of hydrogen-bond acceptors (Lipinski definition) is 4. The van der Waals surface area contributed by atoms with Gasteiger partial charge in [-0.3, -0.25) is 9.59 Å². The topological polar surface area (TPSA) is 111 Å². The van der Waals surface area contributed by atoms with Gasteiger partial charge in [-0.05, 0) is 12.1 Å². The first-order valence-electron chi connectivity index (χ1n) is 3.84. The number of nitrogens with one attached hydrogen (secondary N) is 1. The molecule has 1 aromatic rings. The predicted molar refractivity (Wildman–Crippen MR) is 50.8 cm³/mol. The third kappa shape index (κ3) is 1.98. The molecular weight excluding hydrogens is 184 g/mol. The summed E-state index contributed by atoms with van der Waals surface area (Å²) in [5.41, 5.74) is 10.6. The number of primary amides is 2. The lowest BCUT2D eigenvalue weighted by molar-refractivity contribution is 0.0992. The Balaban J connectivity index is 3.27. The van der Waals surface area contributed by atoms with E-state index < -0.39 is 11.8 Å². The van der Waals surface area contributed by atoms with Crippen LogP contribution in [0.5, 0.6) is 0 Å². The number of rotatable bonds is 3. The molecule has 0 spiro atoms. The number of carbonyl (C=O) groups is 2. The van der Waals surface area contributed by atoms with E-state index in [4.69, 9.17) is 11.5 Å². The van der Waals surface area contributed by atoms with Crippen molar-refractivity contribution >= 4 is 17.5 Å². The normalized spacial score (nSPS) is 9.50. The summed E-state index contributed by atoms with van der Waals surface area (Å²) in [6.07, 6.45) is 0. The van der Waals surface area contributed by atoms with Crippen molar-refractivity contribution < 1.29 is 9.59 Å². The lowest BCUT2D eigenvalue weighted by Gasteiger charge is -2.03. The van der Waals surface area contributed by atoms with E-state index in [0.29, 0.717) is 5.69 Å². The van der Waals surface area contributed by atoms with Crippen LogP contribution in [0.15, 0.2) is 12.1 Å². The minimum absolute atomic E-state index is 0.00523. The maximum absolute atomic E-state index is 10.8. The van der Waals surface area contributed by atoms with Crippen LogP contribution >= 0.6 is 0 Å². The molecule has 1 heterocycles. The van der Waals surface area contributed by atoms with Gasteiger partial charge in [-0.25, -0.2) is 4.98 Å². The summed E-state index contributed by atoms with van der Waals surface area (Å²) in [6.45, 7) is 0. The van der Waals surface area contributed by atoms with Crippen molar-refractivity contribution in [2.45, 2.75) is 0 Å². The van der Waals surface area contributed by atoms with Gasteiger partial charge in [0.05, 0.1) is 0 Å². The molecule has 1 aromatic heterocycles. The van der Waals surface area contributed by atoms with Crippen LogP contribution in [-0.2, 0) is 0 Å². The number of aromatic nitrogens is 1. The highest BCUT2D eigenvalue weighted by Gasteiger charge is 2.09. The van der Waals surface area contributed by atoms with E-state index in [-0.39, 0.29) is 11.4 Å². The molecule has 0 aromatic carbocycles. The third-order valence-corrected chi connectivity index (χ3v) is 1.62. The Kier molecular flexibility index (Phi) is 2.66. The number of pyridine rings is 1. The third-order valence-electron chi connectivity index (χ3n) is 1.62. The Hall–Kier alpha value is -2.11. The fourth-order valence-corrected chi connectivity index (χ4v) is 0.927. The molecule has 1 rings (SSSR count). The summed E-state index contributed by atoms with van der Waals surface area (Å²) in [4.78, 5) is 25.3. The average Bonchev–Trinajstić information content (AvgIpc) is 2.16. The lowest BCUT2D eigenvalue weighted by Crippen LogP contribution is -2.19. The fourth-order valence-electron chi connectivity index (χ4n) is 0.927. The largest absolute Gasteiger partial charge is 0.388 e. The summed E-state index contributed by atoms with van der Waals surface area (Å²) in [7, 11) is 1.64. The molecule has 0 aliphatic rings. The zero-order chi connectivity index (χ0) is 10.7. The van der Waals surface area contributed by atoms with Crippen LogP contribution in [0.25, 0.3) is 0 Å². The highest BCUT2D eigenvalue weighted by atomic mass is 16.1. The summed E-state index contributed by atoms with van der Waals surface area (Å²) in [6, 6.07) is 2.88. The van der Waals surface area contributed by atoms with E-state index in [1.807, 2.05) is 0 Å². The molecule has 0 saturated carbocycles. The van der Waals surface area contributed by atoms with Gasteiger partial charge < -0.3 is 16.8 Å². The van der Waals surface area contributed by atoms with E-state index in [1.54, 1.807) is 7.05 Å². The second kappa shape index (κ2) is 3.73. The van der Waals surface area contributed by atoms with E-state index in [1.165, 1.54) is 12.1 Å². The van der Waals surface area contributed by atoms with Gasteiger partial charge in [0.25, 0.3) is 11.8 Å². The van der Waals surface area contributed by atoms with Crippen molar-refractivity contribution in [3.8, 4) is 0 Å². The number of hydrogen-bond donors (Lipinski definition) is 3. The van der Waals surface area contributed by atoms with Crippen LogP contribution in [0.1, 0.15) is 21.0 Å². The van der Waals surface area contributed by atoms with Gasteiger partial charge in [-0.15, -0.1) is 0 Å². The number of anilines is 1. The van der Waals surface area contributed by atoms with Gasteiger partial charge >= 0.3 is 0 Å². The molecule has 74 valence electrons. The number of amides is 2. The number of nitrogens with two attached hydrogens (primary N) is 2. The first-order valence-corrected chi connectivity index (χ1v) is 3.84. The zero-order valence-corrected chi connectivity index (χ0v) is 7.57. The highest BCUT2D eigenvalue weighted by Crippen LogP contribution is 2.10. The summed E-state index contributed by atoms with van der Waals surface area (Å²) < 4.78 is 0. The number of nitrogens with zero attached hydrogens (tertiary/aromatic N) is 1. The first kappa shape index (κ1) is 9.97. The fraction of sp³-hybridized carbons (Fsp3) is 0.125. The van der Waals surface area contributed by atoms with Gasteiger partial charge in [0.15, 0.2) is 0 Å². The van der Waals surface area contributed by atoms with Gasteiger partial charge in [0.1, 0.15) is 11.4 Å². The zero-order valence-electron chi connectivity index (χ0n) is 7.57. The second-order valence-electron chi connectivity index (χ2n) is 2.60. The maximum atomic E-state index is 10.8. The van der Waals surface area contributed by atoms with Crippen LogP contribution in [0, 0.1) is 0 Å². The minimum Gasteiger partial charge on any atom is -0.388 e. The van der Waals surface area contributed by atoms with Crippen LogP contribution in [0.3, 0.4) is 0 Å². The molecular formula is C8H10N4O2. The molecule has 6 nitrogen and oxygen atoms in total. The molecule has 2 amide bonds. The lowest BCUT2D eigenvalue weighted by atomic mass is 10.2.